The van der Waals surface area contributed by atoms with Crippen LogP contribution in [0.4, 0.5) is 5.82 Å². The number of nitrogens with zero attached hydrogens (tertiary/aromatic N) is 3. The van der Waals surface area contributed by atoms with Crippen LogP contribution in [0.5, 0.6) is 0 Å². The Morgan fingerprint density at radius 2 is 1.92 bits per heavy atom. The van der Waals surface area contributed by atoms with Crippen LogP contribution >= 0.6 is 0 Å². The molecule has 2 heterocycles. The van der Waals surface area contributed by atoms with Crippen LogP contribution in [-0.2, 0) is 10.0 Å². The summed E-state index contributed by atoms with van der Waals surface area (Å²) in [5.41, 5.74) is 0. The van der Waals surface area contributed by atoms with Crippen LogP contribution in [0.1, 0.15) is 25.7 Å². The van der Waals surface area contributed by atoms with Gasteiger partial charge in [-0.1, -0.05) is 6.42 Å². The lowest BCUT2D eigenvalue weighted by atomic mass is 9.93. The highest BCUT2D eigenvalue weighted by Crippen LogP contribution is 2.46. The van der Waals surface area contributed by atoms with Crippen molar-refractivity contribution in [3.05, 3.63) is 18.3 Å². The standard InChI is InChI=1S/C17H26N4O2S/c1-18-24(22,23)15-4-5-17(19-12-15)21-8-6-20(7-9-21)16-11-13-2-3-14(16)10-13/h4-5,12-14,16,18H,2-3,6-11H2,1H3. The zero-order valence-corrected chi connectivity index (χ0v) is 15.0. The Hall–Kier alpha value is -1.18. The fraction of sp³-hybridized carbons (Fsp3) is 0.706. The Labute approximate surface area is 144 Å². The zero-order valence-electron chi connectivity index (χ0n) is 14.2. The molecule has 0 radical (unpaired) electrons. The Bertz CT molecular complexity index is 683. The van der Waals surface area contributed by atoms with Gasteiger partial charge in [-0.2, -0.15) is 0 Å². The number of aromatic nitrogens is 1. The van der Waals surface area contributed by atoms with E-state index in [2.05, 4.69) is 19.5 Å². The van der Waals surface area contributed by atoms with Gasteiger partial charge < -0.3 is 4.90 Å². The van der Waals surface area contributed by atoms with Crippen molar-refractivity contribution in [2.45, 2.75) is 36.6 Å². The van der Waals surface area contributed by atoms with Gasteiger partial charge in [0.1, 0.15) is 10.7 Å². The van der Waals surface area contributed by atoms with Gasteiger partial charge in [0, 0.05) is 38.4 Å². The van der Waals surface area contributed by atoms with Gasteiger partial charge >= 0.3 is 0 Å². The van der Waals surface area contributed by atoms with E-state index in [1.807, 2.05) is 6.07 Å². The SMILES string of the molecule is CNS(=O)(=O)c1ccc(N2CCN(C3CC4CCC3C4)CC2)nc1. The second-order valence-corrected chi connectivity index (χ2v) is 9.21. The Balaban J connectivity index is 1.37. The van der Waals surface area contributed by atoms with E-state index in [-0.39, 0.29) is 4.90 Å². The molecule has 3 aliphatic rings. The Kier molecular flexibility index (Phi) is 4.26. The monoisotopic (exact) mass is 350 g/mol. The van der Waals surface area contributed by atoms with E-state index in [4.69, 9.17) is 0 Å². The fourth-order valence-electron chi connectivity index (χ4n) is 4.78. The third-order valence-corrected chi connectivity index (χ3v) is 7.51. The topological polar surface area (TPSA) is 65.5 Å². The first-order valence-electron chi connectivity index (χ1n) is 8.95. The molecule has 3 fully saturated rings. The van der Waals surface area contributed by atoms with E-state index in [1.165, 1.54) is 38.9 Å². The molecular weight excluding hydrogens is 324 g/mol. The van der Waals surface area contributed by atoms with E-state index < -0.39 is 10.0 Å². The summed E-state index contributed by atoms with van der Waals surface area (Å²) in [4.78, 5) is 9.53. The number of rotatable bonds is 4. The van der Waals surface area contributed by atoms with Gasteiger partial charge in [-0.15, -0.1) is 0 Å². The molecule has 1 saturated heterocycles. The molecule has 0 spiro atoms. The summed E-state index contributed by atoms with van der Waals surface area (Å²) in [7, 11) is -1.99. The molecule has 0 aromatic carbocycles. The molecule has 2 bridgehead atoms. The van der Waals surface area contributed by atoms with Crippen LogP contribution in [0.25, 0.3) is 0 Å². The minimum atomic E-state index is -3.41. The molecular formula is C17H26N4O2S. The van der Waals surface area contributed by atoms with E-state index in [0.717, 1.165) is 49.9 Å². The molecule has 0 amide bonds. The average molecular weight is 350 g/mol. The van der Waals surface area contributed by atoms with Crippen LogP contribution in [0, 0.1) is 11.8 Å². The number of hydrogen-bond donors (Lipinski definition) is 1. The third-order valence-electron chi connectivity index (χ3n) is 6.11. The molecule has 24 heavy (non-hydrogen) atoms. The van der Waals surface area contributed by atoms with Gasteiger partial charge in [-0.25, -0.2) is 18.1 Å². The largest absolute Gasteiger partial charge is 0.354 e. The molecule has 1 aromatic rings. The van der Waals surface area contributed by atoms with Gasteiger partial charge in [0.25, 0.3) is 0 Å². The van der Waals surface area contributed by atoms with E-state index in [0.29, 0.717) is 0 Å². The summed E-state index contributed by atoms with van der Waals surface area (Å²) < 4.78 is 25.9. The molecule has 3 unspecified atom stereocenters. The molecule has 7 heteroatoms. The molecule has 2 aliphatic carbocycles. The van der Waals surface area contributed by atoms with Crippen molar-refractivity contribution in [2.75, 3.05) is 38.1 Å². The maximum atomic E-state index is 11.8. The van der Waals surface area contributed by atoms with Gasteiger partial charge in [0.05, 0.1) is 0 Å². The quantitative estimate of drug-likeness (QED) is 0.887. The van der Waals surface area contributed by atoms with Crippen LogP contribution in [0.3, 0.4) is 0 Å². The average Bonchev–Trinajstić information content (AvgIpc) is 3.25. The Morgan fingerprint density at radius 1 is 1.12 bits per heavy atom. The number of nitrogens with one attached hydrogen (secondary N) is 1. The minimum Gasteiger partial charge on any atom is -0.354 e. The van der Waals surface area contributed by atoms with Crippen molar-refractivity contribution in [3.63, 3.8) is 0 Å². The van der Waals surface area contributed by atoms with Crippen LogP contribution in [0.15, 0.2) is 23.2 Å². The lowest BCUT2D eigenvalue weighted by Crippen LogP contribution is -2.52. The van der Waals surface area contributed by atoms with Gasteiger partial charge in [0.2, 0.25) is 10.0 Å². The van der Waals surface area contributed by atoms with E-state index in [9.17, 15) is 8.42 Å². The predicted octanol–water partition coefficient (Wildman–Crippen LogP) is 1.30. The maximum absolute atomic E-state index is 11.8. The van der Waals surface area contributed by atoms with Crippen molar-refractivity contribution < 1.29 is 8.42 Å². The number of pyridine rings is 1. The summed E-state index contributed by atoms with van der Waals surface area (Å²) >= 11 is 0. The second-order valence-electron chi connectivity index (χ2n) is 7.32. The highest BCUT2D eigenvalue weighted by molar-refractivity contribution is 7.89. The number of piperazine rings is 1. The van der Waals surface area contributed by atoms with E-state index >= 15 is 0 Å². The van der Waals surface area contributed by atoms with Gasteiger partial charge in [-0.05, 0) is 50.3 Å². The molecule has 1 aliphatic heterocycles. The first-order chi connectivity index (χ1) is 11.6. The lowest BCUT2D eigenvalue weighted by molar-refractivity contribution is 0.134. The smallest absolute Gasteiger partial charge is 0.241 e. The first-order valence-corrected chi connectivity index (χ1v) is 10.4. The summed E-state index contributed by atoms with van der Waals surface area (Å²) in [6.45, 7) is 4.12. The van der Waals surface area contributed by atoms with Gasteiger partial charge in [0.15, 0.2) is 0 Å². The third kappa shape index (κ3) is 2.93. The molecule has 2 saturated carbocycles. The number of hydrogen-bond acceptors (Lipinski definition) is 5. The molecule has 1 N–H and O–H groups in total. The zero-order chi connectivity index (χ0) is 16.7. The number of anilines is 1. The van der Waals surface area contributed by atoms with Crippen LogP contribution in [-0.4, -0.2) is 57.6 Å². The molecule has 3 atom stereocenters. The second kappa shape index (κ2) is 6.28. The van der Waals surface area contributed by atoms with Crippen LogP contribution in [0.2, 0.25) is 0 Å². The summed E-state index contributed by atoms with van der Waals surface area (Å²) in [5.74, 6) is 2.80. The highest BCUT2D eigenvalue weighted by Gasteiger charge is 2.42. The maximum Gasteiger partial charge on any atom is 0.241 e. The number of fused-ring (bicyclic) bond motifs is 2. The fourth-order valence-corrected chi connectivity index (χ4v) is 5.45. The van der Waals surface area contributed by atoms with Crippen molar-refractivity contribution in [1.82, 2.24) is 14.6 Å². The van der Waals surface area contributed by atoms with Crippen LogP contribution < -0.4 is 9.62 Å². The van der Waals surface area contributed by atoms with Crippen molar-refractivity contribution in [2.24, 2.45) is 11.8 Å². The predicted molar refractivity (Wildman–Crippen MR) is 93.5 cm³/mol. The Morgan fingerprint density at radius 3 is 2.46 bits per heavy atom. The first kappa shape index (κ1) is 16.3. The summed E-state index contributed by atoms with van der Waals surface area (Å²) in [6, 6.07) is 4.26. The summed E-state index contributed by atoms with van der Waals surface area (Å²) in [6.07, 6.45) is 7.18. The molecule has 4 rings (SSSR count). The minimum absolute atomic E-state index is 0.217. The normalized spacial score (nSPS) is 30.9. The van der Waals surface area contributed by atoms with Crippen molar-refractivity contribution in [1.29, 1.82) is 0 Å². The number of sulfonamides is 1. The molecule has 6 nitrogen and oxygen atoms in total. The summed E-state index contributed by atoms with van der Waals surface area (Å²) in [5, 5.41) is 0. The van der Waals surface area contributed by atoms with Crippen molar-refractivity contribution >= 4 is 15.8 Å². The molecule has 1 aromatic heterocycles. The molecule has 132 valence electrons. The highest BCUT2D eigenvalue weighted by atomic mass is 32.2. The van der Waals surface area contributed by atoms with E-state index in [1.54, 1.807) is 6.07 Å². The lowest BCUT2D eigenvalue weighted by Gasteiger charge is -2.41. The van der Waals surface area contributed by atoms with Gasteiger partial charge in [-0.3, -0.25) is 4.90 Å². The van der Waals surface area contributed by atoms with Crippen molar-refractivity contribution in [3.8, 4) is 0 Å².